The molecule has 2 aromatic rings. The summed E-state index contributed by atoms with van der Waals surface area (Å²) in [4.78, 5) is 28.8. The molecule has 1 unspecified atom stereocenters. The average Bonchev–Trinajstić information content (AvgIpc) is 3.39. The largest absolute Gasteiger partial charge is 0.442 e. The monoisotopic (exact) mass is 462 g/mol. The van der Waals surface area contributed by atoms with Gasteiger partial charge in [-0.15, -0.1) is 10.2 Å². The molecule has 1 N–H and O–H groups in total. The second-order valence-corrected chi connectivity index (χ2v) is 8.93. The number of benzene rings is 1. The molecule has 9 nitrogen and oxygen atoms in total. The number of rotatable bonds is 7. The predicted octanol–water partition coefficient (Wildman–Crippen LogP) is 2.42. The van der Waals surface area contributed by atoms with E-state index in [0.29, 0.717) is 24.5 Å². The van der Waals surface area contributed by atoms with Gasteiger partial charge in [0.25, 0.3) is 0 Å². The number of nitrogens with one attached hydrogen (secondary N) is 1. The van der Waals surface area contributed by atoms with Crippen LogP contribution in [0.15, 0.2) is 18.2 Å². The fourth-order valence-electron chi connectivity index (χ4n) is 3.84. The van der Waals surface area contributed by atoms with E-state index in [4.69, 9.17) is 4.74 Å². The maximum Gasteiger partial charge on any atom is 0.414 e. The molecule has 2 aliphatic rings. The number of ether oxygens (including phenoxy) is 1. The molecule has 1 aromatic carbocycles. The molecule has 2 saturated heterocycles. The third-order valence-corrected chi connectivity index (χ3v) is 6.55. The van der Waals surface area contributed by atoms with Crippen LogP contribution in [0.2, 0.25) is 0 Å². The first-order valence-corrected chi connectivity index (χ1v) is 11.6. The number of piperazine rings is 1. The molecule has 172 valence electrons. The molecule has 32 heavy (non-hydrogen) atoms. The maximum absolute atomic E-state index is 15.0. The van der Waals surface area contributed by atoms with E-state index >= 15 is 0 Å². The zero-order valence-corrected chi connectivity index (χ0v) is 19.0. The Hall–Kier alpha value is -2.95. The molecule has 0 saturated carbocycles. The Bertz CT molecular complexity index is 978. The summed E-state index contributed by atoms with van der Waals surface area (Å²) in [6.45, 7) is 6.84. The number of anilines is 3. The van der Waals surface area contributed by atoms with E-state index in [-0.39, 0.29) is 24.8 Å². The third kappa shape index (κ3) is 4.93. The van der Waals surface area contributed by atoms with E-state index in [1.54, 1.807) is 23.5 Å². The summed E-state index contributed by atoms with van der Waals surface area (Å²) in [6, 6.07) is 4.80. The molecule has 2 aliphatic heterocycles. The molecule has 2 fully saturated rings. The van der Waals surface area contributed by atoms with E-state index in [2.05, 4.69) is 27.3 Å². The zero-order valence-electron chi connectivity index (χ0n) is 18.2. The minimum Gasteiger partial charge on any atom is -0.442 e. The minimum absolute atomic E-state index is 0.192. The van der Waals surface area contributed by atoms with Gasteiger partial charge in [-0.05, 0) is 24.6 Å². The smallest absolute Gasteiger partial charge is 0.414 e. The van der Waals surface area contributed by atoms with Crippen LogP contribution in [-0.4, -0.2) is 67.6 Å². The Morgan fingerprint density at radius 1 is 1.25 bits per heavy atom. The summed E-state index contributed by atoms with van der Waals surface area (Å²) in [7, 11) is 0. The highest BCUT2D eigenvalue weighted by Crippen LogP contribution is 2.29. The van der Waals surface area contributed by atoms with Gasteiger partial charge in [-0.25, -0.2) is 9.18 Å². The van der Waals surface area contributed by atoms with Gasteiger partial charge in [0.1, 0.15) is 16.9 Å². The van der Waals surface area contributed by atoms with Crippen molar-refractivity contribution in [2.75, 3.05) is 54.0 Å². The number of aryl methyl sites for hydroxylation is 1. The van der Waals surface area contributed by atoms with Crippen molar-refractivity contribution in [2.24, 2.45) is 0 Å². The van der Waals surface area contributed by atoms with Gasteiger partial charge in [0.15, 0.2) is 0 Å². The minimum atomic E-state index is -0.541. The van der Waals surface area contributed by atoms with Crippen molar-refractivity contribution in [1.82, 2.24) is 15.5 Å². The summed E-state index contributed by atoms with van der Waals surface area (Å²) < 4.78 is 20.2. The molecule has 0 radical (unpaired) electrons. The van der Waals surface area contributed by atoms with Crippen molar-refractivity contribution in [3.8, 4) is 0 Å². The Kier molecular flexibility index (Phi) is 6.73. The molecule has 0 spiro atoms. The highest BCUT2D eigenvalue weighted by Gasteiger charge is 2.33. The third-order valence-electron chi connectivity index (χ3n) is 5.51. The number of carbonyl (C=O) groups excluding carboxylic acids is 2. The SMILES string of the molecule is CCCc1nnc(N2CCN(c3ccc(N4CC(CNC(C)=O)OC4=O)cc3F)CC2)s1. The molecule has 11 heteroatoms. The second kappa shape index (κ2) is 9.68. The van der Waals surface area contributed by atoms with Gasteiger partial charge in [0.2, 0.25) is 11.0 Å². The summed E-state index contributed by atoms with van der Waals surface area (Å²) in [5.41, 5.74) is 0.956. The number of carbonyl (C=O) groups is 2. The fourth-order valence-corrected chi connectivity index (χ4v) is 4.83. The normalized spacial score (nSPS) is 18.8. The quantitative estimate of drug-likeness (QED) is 0.676. The number of aromatic nitrogens is 2. The van der Waals surface area contributed by atoms with Gasteiger partial charge >= 0.3 is 6.09 Å². The number of hydrogen-bond donors (Lipinski definition) is 1. The number of hydrogen-bond acceptors (Lipinski definition) is 8. The number of halogens is 1. The number of cyclic esters (lactones) is 1. The van der Waals surface area contributed by atoms with Gasteiger partial charge < -0.3 is 19.9 Å². The van der Waals surface area contributed by atoms with Crippen LogP contribution >= 0.6 is 11.3 Å². The van der Waals surface area contributed by atoms with Crippen LogP contribution in [-0.2, 0) is 16.0 Å². The van der Waals surface area contributed by atoms with Gasteiger partial charge in [-0.2, -0.15) is 0 Å². The Morgan fingerprint density at radius 3 is 2.69 bits per heavy atom. The lowest BCUT2D eigenvalue weighted by Gasteiger charge is -2.36. The van der Waals surface area contributed by atoms with Crippen LogP contribution in [0, 0.1) is 5.82 Å². The molecule has 4 rings (SSSR count). The van der Waals surface area contributed by atoms with Crippen LogP contribution in [0.5, 0.6) is 0 Å². The van der Waals surface area contributed by atoms with Crippen molar-refractivity contribution in [3.05, 3.63) is 29.0 Å². The molecule has 1 atom stereocenters. The fraction of sp³-hybridized carbons (Fsp3) is 0.524. The van der Waals surface area contributed by atoms with E-state index in [1.165, 1.54) is 17.9 Å². The van der Waals surface area contributed by atoms with E-state index in [0.717, 1.165) is 36.1 Å². The molecule has 0 bridgehead atoms. The average molecular weight is 463 g/mol. The van der Waals surface area contributed by atoms with Gasteiger partial charge in [-0.1, -0.05) is 18.3 Å². The summed E-state index contributed by atoms with van der Waals surface area (Å²) in [5, 5.41) is 13.1. The predicted molar refractivity (Wildman–Crippen MR) is 121 cm³/mol. The van der Waals surface area contributed by atoms with Crippen LogP contribution in [0.1, 0.15) is 25.3 Å². The van der Waals surface area contributed by atoms with Crippen molar-refractivity contribution >= 4 is 39.8 Å². The maximum atomic E-state index is 15.0. The first-order chi connectivity index (χ1) is 15.4. The van der Waals surface area contributed by atoms with Crippen molar-refractivity contribution < 1.29 is 18.7 Å². The molecular weight excluding hydrogens is 435 g/mol. The molecule has 2 amide bonds. The topological polar surface area (TPSA) is 90.9 Å². The lowest BCUT2D eigenvalue weighted by Crippen LogP contribution is -2.46. The molecule has 3 heterocycles. The Balaban J connectivity index is 1.36. The van der Waals surface area contributed by atoms with E-state index in [9.17, 15) is 14.0 Å². The van der Waals surface area contributed by atoms with Crippen LogP contribution in [0.25, 0.3) is 0 Å². The van der Waals surface area contributed by atoms with Crippen LogP contribution in [0.4, 0.5) is 25.7 Å². The number of amides is 2. The van der Waals surface area contributed by atoms with Crippen molar-refractivity contribution in [2.45, 2.75) is 32.8 Å². The Labute approximate surface area is 190 Å². The zero-order chi connectivity index (χ0) is 22.7. The van der Waals surface area contributed by atoms with Crippen molar-refractivity contribution in [1.29, 1.82) is 0 Å². The number of nitrogens with zero attached hydrogens (tertiary/aromatic N) is 5. The Morgan fingerprint density at radius 2 is 2.00 bits per heavy atom. The second-order valence-electron chi connectivity index (χ2n) is 7.89. The van der Waals surface area contributed by atoms with E-state index < -0.39 is 12.2 Å². The molecule has 0 aliphatic carbocycles. The molecular formula is C21H27FN6O3S. The first-order valence-electron chi connectivity index (χ1n) is 10.8. The lowest BCUT2D eigenvalue weighted by molar-refractivity contribution is -0.119. The standard InChI is InChI=1S/C21H27FN6O3S/c1-3-4-19-24-25-20(32-19)27-9-7-26(8-10-27)18-6-5-15(11-17(18)22)28-13-16(31-21(28)30)12-23-14(2)29/h5-6,11,16H,3-4,7-10,12-13H2,1-2H3,(H,23,29). The molecule has 1 aromatic heterocycles. The summed E-state index contributed by atoms with van der Waals surface area (Å²) in [5.74, 6) is -0.572. The van der Waals surface area contributed by atoms with Crippen molar-refractivity contribution in [3.63, 3.8) is 0 Å². The highest BCUT2D eigenvalue weighted by molar-refractivity contribution is 7.15. The summed E-state index contributed by atoms with van der Waals surface area (Å²) in [6.07, 6.45) is 0.984. The highest BCUT2D eigenvalue weighted by atomic mass is 32.1. The summed E-state index contributed by atoms with van der Waals surface area (Å²) >= 11 is 1.62. The van der Waals surface area contributed by atoms with Crippen LogP contribution in [0.3, 0.4) is 0 Å². The van der Waals surface area contributed by atoms with E-state index in [1.807, 2.05) is 4.90 Å². The van der Waals surface area contributed by atoms with Crippen LogP contribution < -0.4 is 20.0 Å². The lowest BCUT2D eigenvalue weighted by atomic mass is 10.2. The van der Waals surface area contributed by atoms with Gasteiger partial charge in [-0.3, -0.25) is 9.69 Å². The van der Waals surface area contributed by atoms with Gasteiger partial charge in [0.05, 0.1) is 24.5 Å². The van der Waals surface area contributed by atoms with Gasteiger partial charge in [0, 0.05) is 39.5 Å². The first kappa shape index (κ1) is 22.3.